The lowest BCUT2D eigenvalue weighted by Gasteiger charge is -2.24. The maximum absolute atomic E-state index is 11.5. The monoisotopic (exact) mass is 437 g/mol. The SMILES string of the molecule is C=CC(=O)NC[C@H]1C[C@@H]2O[C@H](CCOCc3ccccc3)[C@@H](OCc3ccccc3)[C@@H]2O1. The molecule has 2 aromatic carbocycles. The van der Waals surface area contributed by atoms with Crippen LogP contribution < -0.4 is 5.32 Å². The van der Waals surface area contributed by atoms with E-state index < -0.39 is 0 Å². The van der Waals surface area contributed by atoms with Gasteiger partial charge >= 0.3 is 0 Å². The molecule has 2 aliphatic heterocycles. The minimum atomic E-state index is -0.197. The minimum absolute atomic E-state index is 0.0412. The van der Waals surface area contributed by atoms with E-state index in [0.29, 0.717) is 26.4 Å². The van der Waals surface area contributed by atoms with E-state index in [9.17, 15) is 4.79 Å². The van der Waals surface area contributed by atoms with Crippen molar-refractivity contribution < 1.29 is 23.7 Å². The average molecular weight is 438 g/mol. The highest BCUT2D eigenvalue weighted by atomic mass is 16.6. The van der Waals surface area contributed by atoms with Gasteiger partial charge in [-0.05, 0) is 23.6 Å². The second kappa shape index (κ2) is 11.4. The number of hydrogen-bond donors (Lipinski definition) is 1. The molecule has 0 saturated carbocycles. The van der Waals surface area contributed by atoms with Crippen molar-refractivity contribution in [3.8, 4) is 0 Å². The summed E-state index contributed by atoms with van der Waals surface area (Å²) in [5.41, 5.74) is 2.27. The molecule has 0 aliphatic carbocycles. The number of fused-ring (bicyclic) bond motifs is 1. The van der Waals surface area contributed by atoms with Gasteiger partial charge in [0.15, 0.2) is 0 Å². The summed E-state index contributed by atoms with van der Waals surface area (Å²) in [7, 11) is 0. The molecule has 2 aliphatic rings. The number of ether oxygens (including phenoxy) is 4. The summed E-state index contributed by atoms with van der Waals surface area (Å²) in [6, 6.07) is 20.2. The van der Waals surface area contributed by atoms with Gasteiger partial charge in [0.05, 0.1) is 31.5 Å². The number of rotatable bonds is 11. The predicted molar refractivity (Wildman–Crippen MR) is 121 cm³/mol. The highest BCUT2D eigenvalue weighted by molar-refractivity contribution is 5.86. The van der Waals surface area contributed by atoms with Crippen molar-refractivity contribution in [3.63, 3.8) is 0 Å². The number of nitrogens with one attached hydrogen (secondary N) is 1. The van der Waals surface area contributed by atoms with Crippen molar-refractivity contribution in [2.75, 3.05) is 13.2 Å². The second-order valence-electron chi connectivity index (χ2n) is 8.21. The number of carbonyl (C=O) groups excluding carboxylic acids is 1. The maximum atomic E-state index is 11.5. The first-order valence-electron chi connectivity index (χ1n) is 11.2. The van der Waals surface area contributed by atoms with E-state index in [1.54, 1.807) is 0 Å². The molecule has 2 saturated heterocycles. The lowest BCUT2D eigenvalue weighted by Crippen LogP contribution is -2.37. The van der Waals surface area contributed by atoms with Gasteiger partial charge in [0.1, 0.15) is 12.2 Å². The summed E-state index contributed by atoms with van der Waals surface area (Å²) in [6.07, 6.45) is 2.18. The fraction of sp³-hybridized carbons (Fsp3) is 0.423. The molecule has 0 unspecified atom stereocenters. The summed E-state index contributed by atoms with van der Waals surface area (Å²) >= 11 is 0. The molecule has 0 spiro atoms. The number of carbonyl (C=O) groups is 1. The third-order valence-corrected chi connectivity index (χ3v) is 5.88. The molecule has 0 aromatic heterocycles. The van der Waals surface area contributed by atoms with Crippen LogP contribution in [-0.4, -0.2) is 49.6 Å². The third kappa shape index (κ3) is 6.04. The highest BCUT2D eigenvalue weighted by Crippen LogP contribution is 2.37. The molecule has 2 aromatic rings. The first-order chi connectivity index (χ1) is 15.7. The Balaban J connectivity index is 1.32. The summed E-state index contributed by atoms with van der Waals surface area (Å²) < 4.78 is 24.8. The fourth-order valence-electron chi connectivity index (χ4n) is 4.28. The summed E-state index contributed by atoms with van der Waals surface area (Å²) in [4.78, 5) is 11.5. The molecule has 5 atom stereocenters. The molecule has 0 radical (unpaired) electrons. The Bertz CT molecular complexity index is 859. The zero-order valence-electron chi connectivity index (χ0n) is 18.2. The van der Waals surface area contributed by atoms with E-state index in [0.717, 1.165) is 24.0 Å². The van der Waals surface area contributed by atoms with E-state index in [-0.39, 0.29) is 36.4 Å². The van der Waals surface area contributed by atoms with Gasteiger partial charge in [-0.1, -0.05) is 67.2 Å². The van der Waals surface area contributed by atoms with Crippen LogP contribution in [0.3, 0.4) is 0 Å². The van der Waals surface area contributed by atoms with Crippen molar-refractivity contribution in [2.45, 2.75) is 56.6 Å². The van der Waals surface area contributed by atoms with Crippen molar-refractivity contribution in [3.05, 3.63) is 84.4 Å². The van der Waals surface area contributed by atoms with Crippen LogP contribution in [0.5, 0.6) is 0 Å². The van der Waals surface area contributed by atoms with Crippen molar-refractivity contribution in [1.82, 2.24) is 5.32 Å². The highest BCUT2D eigenvalue weighted by Gasteiger charge is 2.51. The van der Waals surface area contributed by atoms with Crippen molar-refractivity contribution in [1.29, 1.82) is 0 Å². The summed E-state index contributed by atoms with van der Waals surface area (Å²) in [5, 5.41) is 2.81. The topological polar surface area (TPSA) is 66.0 Å². The van der Waals surface area contributed by atoms with Gasteiger partial charge in [-0.2, -0.15) is 0 Å². The Morgan fingerprint density at radius 1 is 1.03 bits per heavy atom. The van der Waals surface area contributed by atoms with Crippen LogP contribution in [0.15, 0.2) is 73.3 Å². The lowest BCUT2D eigenvalue weighted by molar-refractivity contribution is -0.117. The van der Waals surface area contributed by atoms with E-state index in [1.807, 2.05) is 48.5 Å². The molecule has 1 amide bonds. The Morgan fingerprint density at radius 3 is 2.41 bits per heavy atom. The molecular weight excluding hydrogens is 406 g/mol. The van der Waals surface area contributed by atoms with Gasteiger partial charge in [-0.25, -0.2) is 0 Å². The van der Waals surface area contributed by atoms with Crippen molar-refractivity contribution >= 4 is 5.91 Å². The van der Waals surface area contributed by atoms with Gasteiger partial charge in [0.2, 0.25) is 5.91 Å². The summed E-state index contributed by atoms with van der Waals surface area (Å²) in [6.45, 7) is 5.59. The van der Waals surface area contributed by atoms with E-state index in [2.05, 4.69) is 24.0 Å². The molecule has 1 N–H and O–H groups in total. The Morgan fingerprint density at radius 2 is 1.72 bits per heavy atom. The number of benzene rings is 2. The smallest absolute Gasteiger partial charge is 0.243 e. The molecular formula is C26H31NO5. The minimum Gasteiger partial charge on any atom is -0.377 e. The molecule has 2 fully saturated rings. The second-order valence-corrected chi connectivity index (χ2v) is 8.21. The van der Waals surface area contributed by atoms with Crippen LogP contribution in [0.1, 0.15) is 24.0 Å². The molecule has 32 heavy (non-hydrogen) atoms. The molecule has 170 valence electrons. The number of amides is 1. The first kappa shape index (κ1) is 22.7. The molecule has 0 bridgehead atoms. The molecule has 2 heterocycles. The van der Waals surface area contributed by atoms with Gasteiger partial charge in [-0.15, -0.1) is 0 Å². The molecule has 6 nitrogen and oxygen atoms in total. The van der Waals surface area contributed by atoms with Crippen LogP contribution in [-0.2, 0) is 37.0 Å². The Hall–Kier alpha value is -2.51. The van der Waals surface area contributed by atoms with Gasteiger partial charge in [0.25, 0.3) is 0 Å². The van der Waals surface area contributed by atoms with Crippen LogP contribution in [0, 0.1) is 0 Å². The zero-order chi connectivity index (χ0) is 22.2. The first-order valence-corrected chi connectivity index (χ1v) is 11.2. The van der Waals surface area contributed by atoms with Gasteiger partial charge < -0.3 is 24.3 Å². The molecule has 4 rings (SSSR count). The lowest BCUT2D eigenvalue weighted by atomic mass is 10.0. The largest absolute Gasteiger partial charge is 0.377 e. The zero-order valence-corrected chi connectivity index (χ0v) is 18.2. The average Bonchev–Trinajstić information content (AvgIpc) is 3.37. The maximum Gasteiger partial charge on any atom is 0.243 e. The fourth-order valence-corrected chi connectivity index (χ4v) is 4.28. The van der Waals surface area contributed by atoms with E-state index in [4.69, 9.17) is 18.9 Å². The van der Waals surface area contributed by atoms with Gasteiger partial charge in [-0.3, -0.25) is 4.79 Å². The Labute approximate surface area is 189 Å². The normalized spacial score (nSPS) is 26.6. The standard InChI is InChI=1S/C26H31NO5/c1-2-24(28)27-16-21-15-23-26(31-21)25(30-18-20-11-7-4-8-12-20)22(32-23)13-14-29-17-19-9-5-3-6-10-19/h2-12,21-23,25-26H,1,13-18H2,(H,27,28)/t21-,22-,23+,25-,26-/m1/s1. The van der Waals surface area contributed by atoms with Crippen LogP contribution in [0.25, 0.3) is 0 Å². The Kier molecular flexibility index (Phi) is 8.07. The van der Waals surface area contributed by atoms with E-state index >= 15 is 0 Å². The summed E-state index contributed by atoms with van der Waals surface area (Å²) in [5.74, 6) is -0.197. The molecule has 6 heteroatoms. The third-order valence-electron chi connectivity index (χ3n) is 5.88. The predicted octanol–water partition coefficient (Wildman–Crippen LogP) is 3.41. The van der Waals surface area contributed by atoms with Crippen molar-refractivity contribution in [2.24, 2.45) is 0 Å². The van der Waals surface area contributed by atoms with Crippen LogP contribution >= 0.6 is 0 Å². The van der Waals surface area contributed by atoms with Gasteiger partial charge in [0, 0.05) is 19.6 Å². The van der Waals surface area contributed by atoms with Crippen LogP contribution in [0.2, 0.25) is 0 Å². The van der Waals surface area contributed by atoms with Crippen LogP contribution in [0.4, 0.5) is 0 Å². The number of hydrogen-bond acceptors (Lipinski definition) is 5. The quantitative estimate of drug-likeness (QED) is 0.431. The van der Waals surface area contributed by atoms with E-state index in [1.165, 1.54) is 6.08 Å².